The Kier molecular flexibility index (Phi) is 24.2. The molecule has 0 bridgehead atoms. The first kappa shape index (κ1) is 30.7. The summed E-state index contributed by atoms with van der Waals surface area (Å²) in [5.41, 5.74) is 0. The molecule has 0 aliphatic carbocycles. The van der Waals surface area contributed by atoms with Gasteiger partial charge in [0.15, 0.2) is 0 Å². The second-order valence-corrected chi connectivity index (χ2v) is 2.69. The molecule has 0 spiro atoms. The SMILES string of the molecule is F.O=C(O)C(=O)O.O=C(O)C(=O)O.O=P([O-])(O)O.[Na+]. The third kappa shape index (κ3) is 78.7. The molecule has 0 radical (unpaired) electrons. The van der Waals surface area contributed by atoms with Crippen LogP contribution in [-0.2, 0) is 23.7 Å². The van der Waals surface area contributed by atoms with Gasteiger partial charge in [0.25, 0.3) is 7.82 Å². The van der Waals surface area contributed by atoms with Crippen molar-refractivity contribution in [2.24, 2.45) is 0 Å². The van der Waals surface area contributed by atoms with Gasteiger partial charge in [-0.3, -0.25) is 9.27 Å². The van der Waals surface area contributed by atoms with Crippen LogP contribution in [0, 0.1) is 0 Å². The zero-order chi connectivity index (χ0) is 14.8. The fraction of sp³-hybridized carbons (Fsp3) is 0. The van der Waals surface area contributed by atoms with E-state index < -0.39 is 31.7 Å². The van der Waals surface area contributed by atoms with Gasteiger partial charge in [0.05, 0.1) is 0 Å². The van der Waals surface area contributed by atoms with Crippen molar-refractivity contribution >= 4 is 31.7 Å². The fourth-order valence-electron chi connectivity index (χ4n) is 0. The second-order valence-electron chi connectivity index (χ2n) is 1.71. The van der Waals surface area contributed by atoms with Crippen LogP contribution in [0.5, 0.6) is 0 Å². The van der Waals surface area contributed by atoms with Gasteiger partial charge in [-0.25, -0.2) is 19.2 Å². The zero-order valence-electron chi connectivity index (χ0n) is 8.99. The molecule has 0 aromatic rings. The topological polar surface area (TPSA) is 230 Å². The van der Waals surface area contributed by atoms with Crippen LogP contribution >= 0.6 is 7.82 Å². The van der Waals surface area contributed by atoms with Crippen molar-refractivity contribution in [3.8, 4) is 0 Å². The standard InChI is InChI=1S/2C2H2O4.FH.Na.H3O4P/c2*3-1(4)2(5)6;;;1-5(2,3)4/h2*(H,3,4)(H,5,6);1H;;(H3,1,2,3,4)/q;;;+1;/p-1. The molecular weight excluding hydrogens is 313 g/mol. The van der Waals surface area contributed by atoms with Gasteiger partial charge in [-0.2, -0.15) is 0 Å². The van der Waals surface area contributed by atoms with Gasteiger partial charge in [-0.1, -0.05) is 0 Å². The zero-order valence-corrected chi connectivity index (χ0v) is 11.9. The van der Waals surface area contributed by atoms with Gasteiger partial charge < -0.3 is 35.1 Å². The quantitative estimate of drug-likeness (QED) is 0.139. The molecule has 12 nitrogen and oxygen atoms in total. The van der Waals surface area contributed by atoms with Crippen LogP contribution in [0.1, 0.15) is 0 Å². The van der Waals surface area contributed by atoms with Crippen LogP contribution in [0.15, 0.2) is 0 Å². The first-order valence-electron chi connectivity index (χ1n) is 2.98. The molecule has 0 aliphatic heterocycles. The molecule has 108 valence electrons. The summed E-state index contributed by atoms with van der Waals surface area (Å²) < 4.78 is 8.77. The molecule has 0 saturated heterocycles. The number of hydrogen-bond donors (Lipinski definition) is 6. The van der Waals surface area contributed by atoms with Crippen molar-refractivity contribution in [1.29, 1.82) is 0 Å². The van der Waals surface area contributed by atoms with Gasteiger partial charge in [0, 0.05) is 0 Å². The molecule has 6 N–H and O–H groups in total. The molecule has 0 unspecified atom stereocenters. The Morgan fingerprint density at radius 3 is 0.789 bits per heavy atom. The Bertz CT molecular complexity index is 291. The maximum atomic E-state index is 9.10. The average Bonchev–Trinajstić information content (AvgIpc) is 2.01. The Balaban J connectivity index is -0.0000000492. The number of rotatable bonds is 0. The van der Waals surface area contributed by atoms with E-state index >= 15 is 0 Å². The maximum Gasteiger partial charge on any atom is 1.00 e. The van der Waals surface area contributed by atoms with Gasteiger partial charge in [0.2, 0.25) is 0 Å². The van der Waals surface area contributed by atoms with Crippen LogP contribution in [0.25, 0.3) is 0 Å². The Hall–Kier alpha value is -1.08. The van der Waals surface area contributed by atoms with Crippen molar-refractivity contribution in [3.63, 3.8) is 0 Å². The van der Waals surface area contributed by atoms with Crippen molar-refractivity contribution in [3.05, 3.63) is 0 Å². The molecule has 0 heterocycles. The number of carboxylic acids is 4. The number of phosphoric acid groups is 1. The van der Waals surface area contributed by atoms with E-state index in [-0.39, 0.29) is 34.3 Å². The minimum Gasteiger partial charge on any atom is -0.756 e. The fourth-order valence-corrected chi connectivity index (χ4v) is 0. The normalized spacial score (nSPS) is 7.74. The number of halogens is 1. The number of aliphatic carboxylic acids is 4. The first-order valence-corrected chi connectivity index (χ1v) is 4.51. The summed E-state index contributed by atoms with van der Waals surface area (Å²) in [6.07, 6.45) is 0. The Morgan fingerprint density at radius 2 is 0.789 bits per heavy atom. The molecule has 15 heteroatoms. The molecule has 0 fully saturated rings. The summed E-state index contributed by atoms with van der Waals surface area (Å²) in [5, 5.41) is 29.6. The van der Waals surface area contributed by atoms with Crippen LogP contribution in [-0.4, -0.2) is 54.1 Å². The predicted molar refractivity (Wildman–Crippen MR) is 45.1 cm³/mol. The summed E-state index contributed by atoms with van der Waals surface area (Å²) in [7, 11) is -4.89. The van der Waals surface area contributed by atoms with Gasteiger partial charge in [0.1, 0.15) is 0 Å². The minimum absolute atomic E-state index is 0. The smallest absolute Gasteiger partial charge is 0.756 e. The van der Waals surface area contributed by atoms with E-state index in [1.165, 1.54) is 0 Å². The van der Waals surface area contributed by atoms with E-state index in [9.17, 15) is 0 Å². The third-order valence-electron chi connectivity index (χ3n) is 0.366. The van der Waals surface area contributed by atoms with E-state index in [0.29, 0.717) is 0 Å². The molecule has 0 amide bonds. The molecule has 0 aromatic heterocycles. The van der Waals surface area contributed by atoms with Gasteiger partial charge in [-0.15, -0.1) is 0 Å². The summed E-state index contributed by atoms with van der Waals surface area (Å²) in [6, 6.07) is 0. The summed E-state index contributed by atoms with van der Waals surface area (Å²) in [5.74, 6) is -7.30. The molecule has 0 rings (SSSR count). The summed E-state index contributed by atoms with van der Waals surface area (Å²) in [6.45, 7) is 0. The molecule has 19 heavy (non-hydrogen) atoms. The molecule has 0 aliphatic rings. The predicted octanol–water partition coefficient (Wildman–Crippen LogP) is -6.09. The Morgan fingerprint density at radius 1 is 0.737 bits per heavy atom. The largest absolute Gasteiger partial charge is 1.00 e. The molecule has 0 aromatic carbocycles. The number of carboxylic acid groups (broad SMARTS) is 4. The van der Waals surface area contributed by atoms with E-state index in [4.69, 9.17) is 58.8 Å². The van der Waals surface area contributed by atoms with Crippen LogP contribution in [0.3, 0.4) is 0 Å². The molecular formula is C4H7FNaO12P. The minimum atomic E-state index is -4.89. The van der Waals surface area contributed by atoms with Crippen LogP contribution in [0.4, 0.5) is 4.70 Å². The van der Waals surface area contributed by atoms with Crippen molar-refractivity contribution in [2.45, 2.75) is 0 Å². The summed E-state index contributed by atoms with van der Waals surface area (Å²) in [4.78, 5) is 59.3. The van der Waals surface area contributed by atoms with Crippen molar-refractivity contribution in [1.82, 2.24) is 0 Å². The number of carbonyl (C=O) groups is 4. The third-order valence-corrected chi connectivity index (χ3v) is 0.366. The van der Waals surface area contributed by atoms with E-state index in [2.05, 4.69) is 0 Å². The number of hydrogen-bond acceptors (Lipinski definition) is 6. The molecule has 0 saturated carbocycles. The first-order chi connectivity index (χ1) is 7.29. The average molecular weight is 320 g/mol. The van der Waals surface area contributed by atoms with Gasteiger partial charge >= 0.3 is 53.4 Å². The van der Waals surface area contributed by atoms with Crippen LogP contribution < -0.4 is 34.5 Å². The molecule has 0 atom stereocenters. The Labute approximate surface area is 125 Å². The van der Waals surface area contributed by atoms with Gasteiger partial charge in [-0.05, 0) is 0 Å². The van der Waals surface area contributed by atoms with E-state index in [1.54, 1.807) is 0 Å². The summed E-state index contributed by atoms with van der Waals surface area (Å²) >= 11 is 0. The second kappa shape index (κ2) is 15.0. The monoisotopic (exact) mass is 320 g/mol. The van der Waals surface area contributed by atoms with Crippen molar-refractivity contribution < 1.29 is 93.1 Å². The van der Waals surface area contributed by atoms with Crippen molar-refractivity contribution in [2.75, 3.05) is 0 Å². The van der Waals surface area contributed by atoms with E-state index in [0.717, 1.165) is 0 Å². The maximum absolute atomic E-state index is 9.10. The van der Waals surface area contributed by atoms with Crippen LogP contribution in [0.2, 0.25) is 0 Å². The van der Waals surface area contributed by atoms with E-state index in [1.807, 2.05) is 0 Å².